The maximum absolute atomic E-state index is 5.36. The minimum Gasteiger partial charge on any atom is -0.339 e. The van der Waals surface area contributed by atoms with Crippen LogP contribution in [0.3, 0.4) is 0 Å². The molecule has 1 saturated heterocycles. The van der Waals surface area contributed by atoms with Crippen molar-refractivity contribution in [2.24, 2.45) is 0 Å². The average molecular weight is 315 g/mol. The summed E-state index contributed by atoms with van der Waals surface area (Å²) in [4.78, 5) is 13.7. The Labute approximate surface area is 137 Å². The van der Waals surface area contributed by atoms with Gasteiger partial charge in [0.1, 0.15) is 0 Å². The number of hydrogen-bond acceptors (Lipinski definition) is 6. The summed E-state index contributed by atoms with van der Waals surface area (Å²) in [7, 11) is 0. The predicted molar refractivity (Wildman–Crippen MR) is 87.8 cm³/mol. The minimum atomic E-state index is -0.0906. The van der Waals surface area contributed by atoms with Crippen LogP contribution in [0.15, 0.2) is 28.9 Å². The third-order valence-electron chi connectivity index (χ3n) is 4.05. The molecule has 0 amide bonds. The fourth-order valence-corrected chi connectivity index (χ4v) is 2.65. The molecule has 2 aromatic rings. The van der Waals surface area contributed by atoms with Crippen LogP contribution in [0.25, 0.3) is 0 Å². The Kier molecular flexibility index (Phi) is 4.73. The van der Waals surface area contributed by atoms with Crippen molar-refractivity contribution in [2.75, 3.05) is 26.2 Å². The van der Waals surface area contributed by atoms with E-state index >= 15 is 0 Å². The lowest BCUT2D eigenvalue weighted by molar-refractivity contribution is 0.118. The van der Waals surface area contributed by atoms with Crippen molar-refractivity contribution in [3.05, 3.63) is 41.8 Å². The highest BCUT2D eigenvalue weighted by Crippen LogP contribution is 2.20. The highest BCUT2D eigenvalue weighted by atomic mass is 16.5. The Balaban J connectivity index is 1.48. The summed E-state index contributed by atoms with van der Waals surface area (Å²) in [6.07, 6.45) is 1.86. The lowest BCUT2D eigenvalue weighted by Crippen LogP contribution is -2.45. The van der Waals surface area contributed by atoms with E-state index in [1.165, 1.54) is 0 Å². The number of rotatable bonds is 4. The highest BCUT2D eigenvalue weighted by Gasteiger charge is 2.23. The third kappa shape index (κ3) is 4.36. The molecule has 0 unspecified atom stereocenters. The molecular formula is C17H25N5O. The van der Waals surface area contributed by atoms with Crippen LogP contribution in [0.1, 0.15) is 38.2 Å². The van der Waals surface area contributed by atoms with Crippen LogP contribution >= 0.6 is 0 Å². The smallest absolute Gasteiger partial charge is 0.232 e. The molecule has 3 rings (SSSR count). The van der Waals surface area contributed by atoms with E-state index in [9.17, 15) is 0 Å². The molecular weight excluding hydrogens is 290 g/mol. The molecule has 0 spiro atoms. The summed E-state index contributed by atoms with van der Waals surface area (Å²) in [5, 5.41) is 4.11. The zero-order valence-corrected chi connectivity index (χ0v) is 14.2. The van der Waals surface area contributed by atoms with Gasteiger partial charge in [-0.3, -0.25) is 14.8 Å². The van der Waals surface area contributed by atoms with Gasteiger partial charge < -0.3 is 4.52 Å². The van der Waals surface area contributed by atoms with E-state index in [2.05, 4.69) is 51.8 Å². The van der Waals surface area contributed by atoms with Crippen LogP contribution in [-0.4, -0.2) is 51.1 Å². The van der Waals surface area contributed by atoms with Gasteiger partial charge in [0.05, 0.1) is 12.2 Å². The molecule has 3 heterocycles. The van der Waals surface area contributed by atoms with Crippen molar-refractivity contribution in [2.45, 2.75) is 39.3 Å². The van der Waals surface area contributed by atoms with Crippen LogP contribution in [0.5, 0.6) is 0 Å². The number of pyridine rings is 1. The largest absolute Gasteiger partial charge is 0.339 e. The normalized spacial score (nSPS) is 17.5. The predicted octanol–water partition coefficient (Wildman–Crippen LogP) is 2.08. The fourth-order valence-electron chi connectivity index (χ4n) is 2.65. The van der Waals surface area contributed by atoms with Crippen LogP contribution in [-0.2, 0) is 18.5 Å². The van der Waals surface area contributed by atoms with Gasteiger partial charge >= 0.3 is 0 Å². The van der Waals surface area contributed by atoms with Crippen LogP contribution in [0.4, 0.5) is 0 Å². The number of piperazine rings is 1. The first kappa shape index (κ1) is 16.1. The van der Waals surface area contributed by atoms with Crippen molar-refractivity contribution >= 4 is 0 Å². The van der Waals surface area contributed by atoms with E-state index in [-0.39, 0.29) is 5.41 Å². The van der Waals surface area contributed by atoms with E-state index in [1.807, 2.05) is 18.3 Å². The SMILES string of the molecule is CC(C)(C)c1nc(CN2CCN(Cc3ccccn3)CC2)no1. The molecule has 0 radical (unpaired) electrons. The van der Waals surface area contributed by atoms with Crippen molar-refractivity contribution in [3.8, 4) is 0 Å². The molecule has 6 nitrogen and oxygen atoms in total. The summed E-state index contributed by atoms with van der Waals surface area (Å²) in [5.41, 5.74) is 1.04. The molecule has 0 N–H and O–H groups in total. The van der Waals surface area contributed by atoms with Crippen molar-refractivity contribution in [3.63, 3.8) is 0 Å². The second kappa shape index (κ2) is 6.76. The molecule has 6 heteroatoms. The molecule has 1 fully saturated rings. The molecule has 0 atom stereocenters. The standard InChI is InChI=1S/C17H25N5O/c1-17(2,3)16-19-15(20-23-16)13-22-10-8-21(9-11-22)12-14-6-4-5-7-18-14/h4-7H,8-13H2,1-3H3. The molecule has 1 aliphatic heterocycles. The Morgan fingerprint density at radius 3 is 2.30 bits per heavy atom. The lowest BCUT2D eigenvalue weighted by atomic mass is 9.97. The summed E-state index contributed by atoms with van der Waals surface area (Å²) in [5.74, 6) is 1.49. The average Bonchev–Trinajstić information content (AvgIpc) is 2.99. The van der Waals surface area contributed by atoms with Gasteiger partial charge in [-0.25, -0.2) is 0 Å². The first-order chi connectivity index (χ1) is 11.0. The first-order valence-electron chi connectivity index (χ1n) is 8.18. The van der Waals surface area contributed by atoms with Gasteiger partial charge in [-0.1, -0.05) is 32.0 Å². The highest BCUT2D eigenvalue weighted by molar-refractivity contribution is 5.03. The second-order valence-corrected chi connectivity index (χ2v) is 7.14. The zero-order valence-electron chi connectivity index (χ0n) is 14.2. The molecule has 124 valence electrons. The first-order valence-corrected chi connectivity index (χ1v) is 8.18. The molecule has 2 aromatic heterocycles. The van der Waals surface area contributed by atoms with Gasteiger partial charge in [-0.05, 0) is 12.1 Å². The van der Waals surface area contributed by atoms with E-state index in [0.29, 0.717) is 5.89 Å². The fraction of sp³-hybridized carbons (Fsp3) is 0.588. The van der Waals surface area contributed by atoms with Crippen LogP contribution in [0, 0.1) is 0 Å². The van der Waals surface area contributed by atoms with Crippen LogP contribution in [0.2, 0.25) is 0 Å². The van der Waals surface area contributed by atoms with Gasteiger partial charge in [-0.2, -0.15) is 4.98 Å². The second-order valence-electron chi connectivity index (χ2n) is 7.14. The molecule has 0 saturated carbocycles. The van der Waals surface area contributed by atoms with Gasteiger partial charge in [0, 0.05) is 44.3 Å². The van der Waals surface area contributed by atoms with Crippen LogP contribution < -0.4 is 0 Å². The van der Waals surface area contributed by atoms with E-state index in [1.54, 1.807) is 0 Å². The topological polar surface area (TPSA) is 58.3 Å². The number of nitrogens with zero attached hydrogens (tertiary/aromatic N) is 5. The minimum absolute atomic E-state index is 0.0906. The lowest BCUT2D eigenvalue weighted by Gasteiger charge is -2.33. The van der Waals surface area contributed by atoms with E-state index in [0.717, 1.165) is 50.8 Å². The zero-order chi connectivity index (χ0) is 16.3. The Bertz CT molecular complexity index is 611. The molecule has 0 aromatic carbocycles. The number of aromatic nitrogens is 3. The van der Waals surface area contributed by atoms with E-state index < -0.39 is 0 Å². The summed E-state index contributed by atoms with van der Waals surface area (Å²) >= 11 is 0. The maximum atomic E-state index is 5.36. The quantitative estimate of drug-likeness (QED) is 0.861. The van der Waals surface area contributed by atoms with Gasteiger partial charge in [0.15, 0.2) is 5.82 Å². The number of hydrogen-bond donors (Lipinski definition) is 0. The monoisotopic (exact) mass is 315 g/mol. The summed E-state index contributed by atoms with van der Waals surface area (Å²) in [6, 6.07) is 6.08. The Morgan fingerprint density at radius 1 is 1.04 bits per heavy atom. The molecule has 0 aliphatic carbocycles. The Hall–Kier alpha value is -1.79. The summed E-state index contributed by atoms with van der Waals surface area (Å²) < 4.78 is 5.36. The molecule has 23 heavy (non-hydrogen) atoms. The third-order valence-corrected chi connectivity index (χ3v) is 4.05. The summed E-state index contributed by atoms with van der Waals surface area (Å²) in [6.45, 7) is 12.1. The van der Waals surface area contributed by atoms with Gasteiger partial charge in [0.2, 0.25) is 5.89 Å². The molecule has 0 bridgehead atoms. The van der Waals surface area contributed by atoms with Gasteiger partial charge in [0.25, 0.3) is 0 Å². The van der Waals surface area contributed by atoms with Crippen molar-refractivity contribution in [1.29, 1.82) is 0 Å². The molecule has 1 aliphatic rings. The van der Waals surface area contributed by atoms with Crippen molar-refractivity contribution in [1.82, 2.24) is 24.9 Å². The van der Waals surface area contributed by atoms with E-state index in [4.69, 9.17) is 4.52 Å². The Morgan fingerprint density at radius 2 is 1.74 bits per heavy atom. The van der Waals surface area contributed by atoms with Crippen molar-refractivity contribution < 1.29 is 4.52 Å². The van der Waals surface area contributed by atoms with Gasteiger partial charge in [-0.15, -0.1) is 0 Å². The maximum Gasteiger partial charge on any atom is 0.232 e.